The summed E-state index contributed by atoms with van der Waals surface area (Å²) in [4.78, 5) is 13.6. The molecule has 2 aromatic heterocycles. The predicted octanol–water partition coefficient (Wildman–Crippen LogP) is 5.30. The summed E-state index contributed by atoms with van der Waals surface area (Å²) in [5, 5.41) is 6.72. The zero-order valence-corrected chi connectivity index (χ0v) is 19.0. The summed E-state index contributed by atoms with van der Waals surface area (Å²) in [5.74, 6) is 0.124. The van der Waals surface area contributed by atoms with Gasteiger partial charge in [0.1, 0.15) is 23.0 Å². The lowest BCUT2D eigenvalue weighted by molar-refractivity contribution is 0.489. The van der Waals surface area contributed by atoms with Gasteiger partial charge in [0.15, 0.2) is 5.65 Å². The Morgan fingerprint density at radius 1 is 1.09 bits per heavy atom. The molecule has 0 aliphatic carbocycles. The van der Waals surface area contributed by atoms with Gasteiger partial charge in [-0.2, -0.15) is 4.98 Å². The molecule has 0 bridgehead atoms. The number of nitrogens with zero attached hydrogens (tertiary/aromatic N) is 4. The largest absolute Gasteiger partial charge is 0.350 e. The molecule has 2 aromatic carbocycles. The fourth-order valence-electron chi connectivity index (χ4n) is 4.07. The Morgan fingerprint density at radius 3 is 2.70 bits per heavy atom. The second-order valence-electron chi connectivity index (χ2n) is 7.97. The number of hydrogen-bond donors (Lipinski definition) is 2. The number of nitrogens with one attached hydrogen (secondary N) is 2. The Balaban J connectivity index is 1.55. The average Bonchev–Trinajstić information content (AvgIpc) is 3.43. The van der Waals surface area contributed by atoms with E-state index in [1.54, 1.807) is 30.5 Å². The zero-order chi connectivity index (χ0) is 22.9. The molecule has 6 nitrogen and oxygen atoms in total. The second-order valence-corrected chi connectivity index (χ2v) is 8.78. The molecular formula is C23H20Cl2F2N6. The van der Waals surface area contributed by atoms with Crippen molar-refractivity contribution < 1.29 is 8.78 Å². The molecule has 0 spiro atoms. The minimum atomic E-state index is -0.483. The molecule has 1 unspecified atom stereocenters. The van der Waals surface area contributed by atoms with E-state index in [-0.39, 0.29) is 22.2 Å². The van der Waals surface area contributed by atoms with Gasteiger partial charge in [-0.05, 0) is 43.6 Å². The van der Waals surface area contributed by atoms with Crippen molar-refractivity contribution in [1.29, 1.82) is 0 Å². The predicted molar refractivity (Wildman–Crippen MR) is 125 cm³/mol. The van der Waals surface area contributed by atoms with Gasteiger partial charge in [0.25, 0.3) is 0 Å². The highest BCUT2D eigenvalue weighted by Gasteiger charge is 2.24. The van der Waals surface area contributed by atoms with Crippen LogP contribution in [0.5, 0.6) is 0 Å². The standard InChI is InChI=1S/C23H20Cl2F2N6/c24-15-4-2-6-17(26)19(15)22-31-18-11-30-23(29-10-14-3-1-5-16(25)20(14)27)32-21(18)33(22)12-13-7-8-28-9-13/h1-6,11,13,28H,7-10,12H2,(H,29,30,32). The van der Waals surface area contributed by atoms with Gasteiger partial charge >= 0.3 is 0 Å². The summed E-state index contributed by atoms with van der Waals surface area (Å²) in [6.45, 7) is 2.54. The van der Waals surface area contributed by atoms with Crippen molar-refractivity contribution in [2.75, 3.05) is 18.4 Å². The van der Waals surface area contributed by atoms with Crippen molar-refractivity contribution >= 4 is 40.3 Å². The Labute approximate surface area is 199 Å². The molecule has 10 heteroatoms. The van der Waals surface area contributed by atoms with Crippen LogP contribution in [0.1, 0.15) is 12.0 Å². The molecule has 1 aliphatic rings. The maximum absolute atomic E-state index is 14.8. The SMILES string of the molecule is Fc1cccc(Cl)c1-c1nc2cnc(NCc3cccc(Cl)c3F)nc2n1CC1CCNC1. The van der Waals surface area contributed by atoms with Crippen LogP contribution in [0.3, 0.4) is 0 Å². The molecule has 1 saturated heterocycles. The summed E-state index contributed by atoms with van der Waals surface area (Å²) < 4.78 is 30.9. The van der Waals surface area contributed by atoms with Gasteiger partial charge in [-0.15, -0.1) is 0 Å². The van der Waals surface area contributed by atoms with Crippen molar-refractivity contribution in [1.82, 2.24) is 24.8 Å². The van der Waals surface area contributed by atoms with Crippen LogP contribution in [-0.2, 0) is 13.1 Å². The van der Waals surface area contributed by atoms with Crippen LogP contribution in [0.4, 0.5) is 14.7 Å². The highest BCUT2D eigenvalue weighted by atomic mass is 35.5. The zero-order valence-electron chi connectivity index (χ0n) is 17.5. The number of imidazole rings is 1. The maximum atomic E-state index is 14.8. The molecule has 4 aromatic rings. The number of fused-ring (bicyclic) bond motifs is 1. The fraction of sp³-hybridized carbons (Fsp3) is 0.261. The summed E-state index contributed by atoms with van der Waals surface area (Å²) >= 11 is 12.2. The van der Waals surface area contributed by atoms with E-state index in [1.807, 2.05) is 4.57 Å². The molecule has 0 radical (unpaired) electrons. The molecule has 5 rings (SSSR count). The molecule has 1 atom stereocenters. The molecule has 170 valence electrons. The van der Waals surface area contributed by atoms with Crippen LogP contribution in [0.25, 0.3) is 22.6 Å². The number of halogens is 4. The normalized spacial score (nSPS) is 15.9. The van der Waals surface area contributed by atoms with Gasteiger partial charge in [-0.25, -0.2) is 18.7 Å². The number of benzene rings is 2. The maximum Gasteiger partial charge on any atom is 0.225 e. The van der Waals surface area contributed by atoms with Crippen LogP contribution >= 0.6 is 23.2 Å². The van der Waals surface area contributed by atoms with E-state index in [0.29, 0.717) is 41.0 Å². The van der Waals surface area contributed by atoms with Crippen molar-refractivity contribution in [3.05, 3.63) is 69.8 Å². The van der Waals surface area contributed by atoms with Crippen LogP contribution in [0.15, 0.2) is 42.6 Å². The van der Waals surface area contributed by atoms with Gasteiger partial charge in [0, 0.05) is 18.7 Å². The number of hydrogen-bond acceptors (Lipinski definition) is 5. The third-order valence-electron chi connectivity index (χ3n) is 5.75. The summed E-state index contributed by atoms with van der Waals surface area (Å²) in [6.07, 6.45) is 2.56. The molecular weight excluding hydrogens is 469 g/mol. The lowest BCUT2D eigenvalue weighted by Crippen LogP contribution is -2.16. The number of aromatic nitrogens is 4. The minimum Gasteiger partial charge on any atom is -0.350 e. The first-order valence-electron chi connectivity index (χ1n) is 10.6. The highest BCUT2D eigenvalue weighted by molar-refractivity contribution is 6.33. The van der Waals surface area contributed by atoms with Crippen molar-refractivity contribution in [2.45, 2.75) is 19.5 Å². The smallest absolute Gasteiger partial charge is 0.225 e. The lowest BCUT2D eigenvalue weighted by atomic mass is 10.1. The molecule has 3 heterocycles. The van der Waals surface area contributed by atoms with Crippen molar-refractivity contribution in [3.8, 4) is 11.4 Å². The Morgan fingerprint density at radius 2 is 1.91 bits per heavy atom. The first-order valence-corrected chi connectivity index (χ1v) is 11.3. The van der Waals surface area contributed by atoms with E-state index >= 15 is 0 Å². The molecule has 0 saturated carbocycles. The summed E-state index contributed by atoms with van der Waals surface area (Å²) in [5.41, 5.74) is 1.71. The molecule has 33 heavy (non-hydrogen) atoms. The molecule has 0 amide bonds. The second kappa shape index (κ2) is 9.21. The van der Waals surface area contributed by atoms with E-state index < -0.39 is 11.6 Å². The minimum absolute atomic E-state index is 0.0559. The Bertz CT molecular complexity index is 1300. The quantitative estimate of drug-likeness (QED) is 0.385. The van der Waals surface area contributed by atoms with Gasteiger partial charge < -0.3 is 15.2 Å². The van der Waals surface area contributed by atoms with E-state index in [9.17, 15) is 8.78 Å². The molecule has 1 aliphatic heterocycles. The molecule has 2 N–H and O–H groups in total. The van der Waals surface area contributed by atoms with Crippen LogP contribution < -0.4 is 10.6 Å². The van der Waals surface area contributed by atoms with E-state index in [1.165, 1.54) is 12.1 Å². The van der Waals surface area contributed by atoms with Crippen LogP contribution in [-0.4, -0.2) is 32.6 Å². The van der Waals surface area contributed by atoms with E-state index in [4.69, 9.17) is 23.2 Å². The highest BCUT2D eigenvalue weighted by Crippen LogP contribution is 2.33. The van der Waals surface area contributed by atoms with Crippen LogP contribution in [0, 0.1) is 17.6 Å². The van der Waals surface area contributed by atoms with Gasteiger partial charge in [0.2, 0.25) is 5.95 Å². The van der Waals surface area contributed by atoms with E-state index in [2.05, 4.69) is 25.6 Å². The topological polar surface area (TPSA) is 67.7 Å². The molecule has 1 fully saturated rings. The number of anilines is 1. The first-order chi connectivity index (χ1) is 16.0. The van der Waals surface area contributed by atoms with Gasteiger partial charge in [-0.3, -0.25) is 0 Å². The monoisotopic (exact) mass is 488 g/mol. The Kier molecular flexibility index (Phi) is 6.14. The fourth-order valence-corrected chi connectivity index (χ4v) is 4.51. The van der Waals surface area contributed by atoms with Crippen molar-refractivity contribution in [2.24, 2.45) is 5.92 Å². The summed E-state index contributed by atoms with van der Waals surface area (Å²) in [6, 6.07) is 9.38. The average molecular weight is 489 g/mol. The lowest BCUT2D eigenvalue weighted by Gasteiger charge is -2.14. The third-order valence-corrected chi connectivity index (χ3v) is 6.35. The first kappa shape index (κ1) is 22.0. The van der Waals surface area contributed by atoms with Crippen LogP contribution in [0.2, 0.25) is 10.0 Å². The summed E-state index contributed by atoms with van der Waals surface area (Å²) in [7, 11) is 0. The van der Waals surface area contributed by atoms with Gasteiger partial charge in [-0.1, -0.05) is 41.4 Å². The Hall–Kier alpha value is -2.81. The van der Waals surface area contributed by atoms with Crippen molar-refractivity contribution in [3.63, 3.8) is 0 Å². The number of rotatable bonds is 6. The van der Waals surface area contributed by atoms with E-state index in [0.717, 1.165) is 19.5 Å². The third kappa shape index (κ3) is 4.38. The van der Waals surface area contributed by atoms with Gasteiger partial charge in [0.05, 0.1) is 21.8 Å².